The van der Waals surface area contributed by atoms with Crippen molar-refractivity contribution in [2.24, 2.45) is 0 Å². The van der Waals surface area contributed by atoms with Crippen LogP contribution in [0.3, 0.4) is 0 Å². The van der Waals surface area contributed by atoms with Crippen molar-refractivity contribution in [2.45, 2.75) is 27.3 Å². The van der Waals surface area contributed by atoms with Crippen LogP contribution >= 0.6 is 0 Å². The molecule has 0 aromatic heterocycles. The first-order chi connectivity index (χ1) is 8.38. The van der Waals surface area contributed by atoms with Crippen molar-refractivity contribution in [1.82, 2.24) is 9.80 Å². The molecular formula is C15H26N2. The molecule has 1 saturated heterocycles. The predicted octanol–water partition coefficient (Wildman–Crippen LogP) is 2.85. The molecule has 1 aliphatic heterocycles. The first-order valence-electron chi connectivity index (χ1n) is 6.87. The first kappa shape index (κ1) is 14.2. The predicted molar refractivity (Wildman–Crippen MR) is 75.2 cm³/mol. The average Bonchev–Trinajstić information content (AvgIpc) is 2.43. The molecule has 1 aromatic carbocycles. The highest BCUT2D eigenvalue weighted by Crippen LogP contribution is 2.07. The van der Waals surface area contributed by atoms with Crippen LogP contribution in [0.1, 0.15) is 26.3 Å². The van der Waals surface area contributed by atoms with Gasteiger partial charge in [0.25, 0.3) is 0 Å². The molecule has 1 aromatic rings. The van der Waals surface area contributed by atoms with E-state index in [2.05, 4.69) is 47.1 Å². The van der Waals surface area contributed by atoms with Crippen LogP contribution in [-0.4, -0.2) is 42.5 Å². The lowest BCUT2D eigenvalue weighted by molar-refractivity contribution is 0.132. The fourth-order valence-corrected chi connectivity index (χ4v) is 2.11. The van der Waals surface area contributed by atoms with E-state index in [0.717, 1.165) is 6.54 Å². The molecule has 0 radical (unpaired) electrons. The molecule has 1 aliphatic rings. The lowest BCUT2D eigenvalue weighted by Crippen LogP contribution is -2.45. The molecule has 96 valence electrons. The van der Waals surface area contributed by atoms with Gasteiger partial charge in [-0.1, -0.05) is 51.1 Å². The van der Waals surface area contributed by atoms with E-state index in [-0.39, 0.29) is 0 Å². The molecule has 0 bridgehead atoms. The molecule has 0 amide bonds. The molecule has 2 nitrogen and oxygen atoms in total. The van der Waals surface area contributed by atoms with Gasteiger partial charge in [0.15, 0.2) is 0 Å². The second kappa shape index (κ2) is 8.26. The fraction of sp³-hybridized carbons (Fsp3) is 0.600. The molecule has 0 spiro atoms. The van der Waals surface area contributed by atoms with Gasteiger partial charge in [0.05, 0.1) is 0 Å². The van der Waals surface area contributed by atoms with E-state index in [1.165, 1.54) is 38.3 Å². The molecule has 0 unspecified atom stereocenters. The summed E-state index contributed by atoms with van der Waals surface area (Å²) in [4.78, 5) is 5.06. The highest BCUT2D eigenvalue weighted by molar-refractivity contribution is 5.14. The second-order valence-electron chi connectivity index (χ2n) is 4.20. The number of piperazine rings is 1. The maximum Gasteiger partial charge on any atom is 0.0234 e. The third kappa shape index (κ3) is 4.88. The van der Waals surface area contributed by atoms with Crippen molar-refractivity contribution in [3.63, 3.8) is 0 Å². The van der Waals surface area contributed by atoms with Gasteiger partial charge in [-0.25, -0.2) is 0 Å². The smallest absolute Gasteiger partial charge is 0.0234 e. The molecule has 17 heavy (non-hydrogen) atoms. The Morgan fingerprint density at radius 1 is 0.882 bits per heavy atom. The van der Waals surface area contributed by atoms with Gasteiger partial charge in [-0.15, -0.1) is 0 Å². The lowest BCUT2D eigenvalue weighted by Gasteiger charge is -2.34. The summed E-state index contributed by atoms with van der Waals surface area (Å²) in [7, 11) is 0. The quantitative estimate of drug-likeness (QED) is 0.793. The zero-order chi connectivity index (χ0) is 12.5. The van der Waals surface area contributed by atoms with E-state index in [1.54, 1.807) is 0 Å². The van der Waals surface area contributed by atoms with E-state index < -0.39 is 0 Å². The molecule has 2 heteroatoms. The SMILES string of the molecule is CC.CCN1CCN(Cc2ccccc2)CC1. The van der Waals surface area contributed by atoms with E-state index in [9.17, 15) is 0 Å². The van der Waals surface area contributed by atoms with Gasteiger partial charge in [0, 0.05) is 32.7 Å². The third-order valence-corrected chi connectivity index (χ3v) is 3.16. The maximum absolute atomic E-state index is 2.54. The summed E-state index contributed by atoms with van der Waals surface area (Å²) < 4.78 is 0. The van der Waals surface area contributed by atoms with Crippen molar-refractivity contribution < 1.29 is 0 Å². The van der Waals surface area contributed by atoms with Crippen LogP contribution in [0.25, 0.3) is 0 Å². The number of hydrogen-bond acceptors (Lipinski definition) is 2. The standard InChI is InChI=1S/C13H20N2.C2H6/c1-2-14-8-10-15(11-9-14)12-13-6-4-3-5-7-13;1-2/h3-7H,2,8-12H2,1H3;1-2H3. The molecule has 2 rings (SSSR count). The molecule has 0 saturated carbocycles. The van der Waals surface area contributed by atoms with Gasteiger partial charge in [-0.2, -0.15) is 0 Å². The minimum absolute atomic E-state index is 1.11. The number of nitrogens with zero attached hydrogens (tertiary/aromatic N) is 2. The Hall–Kier alpha value is -0.860. The highest BCUT2D eigenvalue weighted by atomic mass is 15.3. The van der Waals surface area contributed by atoms with Crippen LogP contribution in [0.2, 0.25) is 0 Å². The summed E-state index contributed by atoms with van der Waals surface area (Å²) in [5.74, 6) is 0. The second-order valence-corrected chi connectivity index (χ2v) is 4.20. The Labute approximate surface area is 106 Å². The Bertz CT molecular complexity index is 276. The fourth-order valence-electron chi connectivity index (χ4n) is 2.11. The normalized spacial score (nSPS) is 17.4. The first-order valence-corrected chi connectivity index (χ1v) is 6.87. The van der Waals surface area contributed by atoms with Gasteiger partial charge in [0.1, 0.15) is 0 Å². The Kier molecular flexibility index (Phi) is 6.90. The van der Waals surface area contributed by atoms with Gasteiger partial charge >= 0.3 is 0 Å². The highest BCUT2D eigenvalue weighted by Gasteiger charge is 2.14. The number of hydrogen-bond donors (Lipinski definition) is 0. The number of likely N-dealkylation sites (N-methyl/N-ethyl adjacent to an activating group) is 1. The largest absolute Gasteiger partial charge is 0.301 e. The third-order valence-electron chi connectivity index (χ3n) is 3.16. The van der Waals surface area contributed by atoms with Gasteiger partial charge < -0.3 is 4.90 Å². The number of rotatable bonds is 3. The zero-order valence-corrected chi connectivity index (χ0v) is 11.5. The molecule has 1 fully saturated rings. The molecule has 0 atom stereocenters. The molecule has 0 N–H and O–H groups in total. The molecule has 1 heterocycles. The van der Waals surface area contributed by atoms with Crippen LogP contribution in [0, 0.1) is 0 Å². The van der Waals surface area contributed by atoms with Crippen molar-refractivity contribution in [3.05, 3.63) is 35.9 Å². The summed E-state index contributed by atoms with van der Waals surface area (Å²) in [6.45, 7) is 13.4. The Morgan fingerprint density at radius 3 is 1.94 bits per heavy atom. The summed E-state index contributed by atoms with van der Waals surface area (Å²) in [6.07, 6.45) is 0. The van der Waals surface area contributed by atoms with Crippen molar-refractivity contribution >= 4 is 0 Å². The van der Waals surface area contributed by atoms with E-state index in [0.29, 0.717) is 0 Å². The summed E-state index contributed by atoms with van der Waals surface area (Å²) in [5.41, 5.74) is 1.43. The lowest BCUT2D eigenvalue weighted by atomic mass is 10.2. The monoisotopic (exact) mass is 234 g/mol. The van der Waals surface area contributed by atoms with Gasteiger partial charge in [-0.05, 0) is 12.1 Å². The Morgan fingerprint density at radius 2 is 1.41 bits per heavy atom. The average molecular weight is 234 g/mol. The van der Waals surface area contributed by atoms with Crippen LogP contribution < -0.4 is 0 Å². The Balaban J connectivity index is 0.000000686. The van der Waals surface area contributed by atoms with Crippen molar-refractivity contribution in [3.8, 4) is 0 Å². The van der Waals surface area contributed by atoms with Gasteiger partial charge in [-0.3, -0.25) is 4.90 Å². The van der Waals surface area contributed by atoms with Crippen LogP contribution in [0.4, 0.5) is 0 Å². The van der Waals surface area contributed by atoms with Crippen molar-refractivity contribution in [2.75, 3.05) is 32.7 Å². The minimum atomic E-state index is 1.11. The zero-order valence-electron chi connectivity index (χ0n) is 11.5. The number of benzene rings is 1. The maximum atomic E-state index is 2.54. The van der Waals surface area contributed by atoms with Crippen molar-refractivity contribution in [1.29, 1.82) is 0 Å². The summed E-state index contributed by atoms with van der Waals surface area (Å²) >= 11 is 0. The summed E-state index contributed by atoms with van der Waals surface area (Å²) in [6, 6.07) is 10.8. The van der Waals surface area contributed by atoms with Crippen LogP contribution in [0.15, 0.2) is 30.3 Å². The minimum Gasteiger partial charge on any atom is -0.301 e. The van der Waals surface area contributed by atoms with E-state index in [4.69, 9.17) is 0 Å². The summed E-state index contributed by atoms with van der Waals surface area (Å²) in [5, 5.41) is 0. The van der Waals surface area contributed by atoms with E-state index >= 15 is 0 Å². The van der Waals surface area contributed by atoms with E-state index in [1.807, 2.05) is 13.8 Å². The molecular weight excluding hydrogens is 208 g/mol. The topological polar surface area (TPSA) is 6.48 Å². The van der Waals surface area contributed by atoms with Crippen LogP contribution in [-0.2, 0) is 6.54 Å². The van der Waals surface area contributed by atoms with Crippen LogP contribution in [0.5, 0.6) is 0 Å². The van der Waals surface area contributed by atoms with Gasteiger partial charge in [0.2, 0.25) is 0 Å². The molecule has 0 aliphatic carbocycles.